The Morgan fingerprint density at radius 1 is 0.796 bits per heavy atom. The number of hydrogen-bond acceptors (Lipinski definition) is 7. The summed E-state index contributed by atoms with van der Waals surface area (Å²) in [5.74, 6) is -1.78. The molecule has 0 bridgehead atoms. The van der Waals surface area contributed by atoms with Crippen LogP contribution in [0.5, 0.6) is 5.75 Å². The molecule has 0 aliphatic carbocycles. The second kappa shape index (κ2) is 16.8. The first-order valence-corrected chi connectivity index (χ1v) is 16.3. The number of carbonyl (C=O) groups excluding carboxylic acids is 4. The molecule has 0 aliphatic heterocycles. The Kier molecular flexibility index (Phi) is 13.2. The molecule has 0 aliphatic rings. The molecule has 0 radical (unpaired) electrons. The molecule has 3 N–H and O–H groups in total. The number of aromatic hydroxyl groups is 1. The minimum Gasteiger partial charge on any atom is -0.508 e. The fraction of sp³-hybridized carbons (Fsp3) is 0.385. The number of rotatable bonds is 13. The quantitative estimate of drug-likeness (QED) is 0.151. The summed E-state index contributed by atoms with van der Waals surface area (Å²) in [6.07, 6.45) is 0.866. The molecule has 10 nitrogen and oxygen atoms in total. The smallest absolute Gasteiger partial charge is 0.408 e. The first-order valence-electron chi connectivity index (χ1n) is 16.3. The zero-order valence-corrected chi connectivity index (χ0v) is 29.5. The molecule has 3 unspecified atom stereocenters. The van der Waals surface area contributed by atoms with Gasteiger partial charge in [-0.3, -0.25) is 9.59 Å². The van der Waals surface area contributed by atoms with Crippen molar-refractivity contribution in [2.45, 2.75) is 90.6 Å². The fourth-order valence-electron chi connectivity index (χ4n) is 5.16. The van der Waals surface area contributed by atoms with Crippen LogP contribution in [0, 0.1) is 6.92 Å². The highest BCUT2D eigenvalue weighted by Gasteiger charge is 2.38. The maximum atomic E-state index is 14.6. The molecular weight excluding hydrogens is 622 g/mol. The van der Waals surface area contributed by atoms with Gasteiger partial charge in [0, 0.05) is 19.4 Å². The summed E-state index contributed by atoms with van der Waals surface area (Å²) >= 11 is 0. The zero-order chi connectivity index (χ0) is 36.4. The third-order valence-corrected chi connectivity index (χ3v) is 7.18. The highest BCUT2D eigenvalue weighted by atomic mass is 16.6. The third-order valence-electron chi connectivity index (χ3n) is 7.18. The van der Waals surface area contributed by atoms with Crippen LogP contribution in [0.3, 0.4) is 0 Å². The molecule has 3 atom stereocenters. The molecule has 0 saturated carbocycles. The SMILES string of the molecule is C=CCN(C(=O)C(Cc1ccc(O)cc1)NC(=O)OC(C)(C)C)C(C(=O)NC(Cc1ccccc1)C(=O)OC(C)(C)C)c1cccc(C)c1. The molecule has 262 valence electrons. The molecule has 0 aromatic heterocycles. The topological polar surface area (TPSA) is 134 Å². The van der Waals surface area contributed by atoms with Crippen LogP contribution in [0.25, 0.3) is 0 Å². The van der Waals surface area contributed by atoms with Crippen molar-refractivity contribution in [2.75, 3.05) is 6.54 Å². The Hall–Kier alpha value is -5.12. The average molecular weight is 672 g/mol. The molecular formula is C39H49N3O7. The fourth-order valence-corrected chi connectivity index (χ4v) is 5.16. The van der Waals surface area contributed by atoms with E-state index in [0.717, 1.165) is 11.1 Å². The Morgan fingerprint density at radius 3 is 1.96 bits per heavy atom. The lowest BCUT2D eigenvalue weighted by molar-refractivity contribution is -0.159. The number of amides is 3. The Morgan fingerprint density at radius 2 is 1.39 bits per heavy atom. The van der Waals surface area contributed by atoms with E-state index in [2.05, 4.69) is 17.2 Å². The first-order chi connectivity index (χ1) is 23.0. The number of aryl methyl sites for hydroxylation is 1. The van der Waals surface area contributed by atoms with Crippen molar-refractivity contribution in [1.29, 1.82) is 0 Å². The van der Waals surface area contributed by atoms with Crippen LogP contribution in [0.4, 0.5) is 4.79 Å². The van der Waals surface area contributed by atoms with Gasteiger partial charge in [-0.15, -0.1) is 6.58 Å². The zero-order valence-electron chi connectivity index (χ0n) is 29.5. The lowest BCUT2D eigenvalue weighted by Gasteiger charge is -2.35. The summed E-state index contributed by atoms with van der Waals surface area (Å²) in [5, 5.41) is 15.4. The molecule has 3 amide bonds. The van der Waals surface area contributed by atoms with E-state index in [1.54, 1.807) is 71.9 Å². The summed E-state index contributed by atoms with van der Waals surface area (Å²) in [6.45, 7) is 16.0. The van der Waals surface area contributed by atoms with Crippen LogP contribution in [-0.4, -0.2) is 63.7 Å². The van der Waals surface area contributed by atoms with Crippen LogP contribution < -0.4 is 10.6 Å². The molecule has 0 heterocycles. The van der Waals surface area contributed by atoms with Crippen molar-refractivity contribution in [3.63, 3.8) is 0 Å². The third kappa shape index (κ3) is 12.4. The van der Waals surface area contributed by atoms with Crippen LogP contribution in [0.1, 0.15) is 69.8 Å². The Bertz CT molecular complexity index is 1590. The van der Waals surface area contributed by atoms with Gasteiger partial charge in [-0.05, 0) is 77.3 Å². The van der Waals surface area contributed by atoms with Gasteiger partial charge in [0.25, 0.3) is 0 Å². The molecule has 3 rings (SSSR count). The number of esters is 1. The highest BCUT2D eigenvalue weighted by Crippen LogP contribution is 2.25. The van der Waals surface area contributed by atoms with Crippen molar-refractivity contribution in [3.05, 3.63) is 114 Å². The Labute approximate surface area is 289 Å². The minimum absolute atomic E-state index is 0.0305. The number of nitrogens with one attached hydrogen (secondary N) is 2. The van der Waals surface area contributed by atoms with Gasteiger partial charge in [-0.1, -0.05) is 78.4 Å². The number of hydrogen-bond donors (Lipinski definition) is 3. The van der Waals surface area contributed by atoms with Gasteiger partial charge in [-0.2, -0.15) is 0 Å². The van der Waals surface area contributed by atoms with Crippen LogP contribution in [-0.2, 0) is 36.7 Å². The van der Waals surface area contributed by atoms with E-state index >= 15 is 0 Å². The predicted octanol–water partition coefficient (Wildman–Crippen LogP) is 5.96. The number of phenols is 1. The summed E-state index contributed by atoms with van der Waals surface area (Å²) < 4.78 is 11.2. The summed E-state index contributed by atoms with van der Waals surface area (Å²) in [6, 6.07) is 19.2. The van der Waals surface area contributed by atoms with E-state index in [0.29, 0.717) is 11.1 Å². The van der Waals surface area contributed by atoms with Gasteiger partial charge in [0.05, 0.1) is 0 Å². The number of carbonyl (C=O) groups is 4. The molecule has 10 heteroatoms. The van der Waals surface area contributed by atoms with E-state index in [9.17, 15) is 24.3 Å². The van der Waals surface area contributed by atoms with E-state index in [1.807, 2.05) is 43.3 Å². The number of nitrogens with zero attached hydrogens (tertiary/aromatic N) is 1. The van der Waals surface area contributed by atoms with Crippen LogP contribution in [0.2, 0.25) is 0 Å². The second-order valence-corrected chi connectivity index (χ2v) is 13.9. The van der Waals surface area contributed by atoms with Gasteiger partial charge in [0.2, 0.25) is 11.8 Å². The van der Waals surface area contributed by atoms with Crippen molar-refractivity contribution in [1.82, 2.24) is 15.5 Å². The van der Waals surface area contributed by atoms with Crippen LogP contribution >= 0.6 is 0 Å². The monoisotopic (exact) mass is 671 g/mol. The van der Waals surface area contributed by atoms with Crippen molar-refractivity contribution in [2.24, 2.45) is 0 Å². The second-order valence-electron chi connectivity index (χ2n) is 13.9. The standard InChI is InChI=1S/C39H49N3O7/c1-9-22-42(35(45)31(41-37(47)49-39(6,7)8)24-28-18-20-30(43)21-19-28)33(29-17-13-14-26(2)23-29)34(44)40-32(36(46)48-38(3,4)5)25-27-15-11-10-12-16-27/h9-21,23,31-33,43H,1,22,24-25H2,2-8H3,(H,40,44)(H,41,47). The number of benzene rings is 3. The molecule has 3 aromatic rings. The van der Waals surface area contributed by atoms with Gasteiger partial charge >= 0.3 is 12.1 Å². The van der Waals surface area contributed by atoms with E-state index < -0.39 is 53.2 Å². The number of ether oxygens (including phenoxy) is 2. The normalized spacial score (nSPS) is 13.3. The molecule has 3 aromatic carbocycles. The van der Waals surface area contributed by atoms with Crippen molar-refractivity contribution >= 4 is 23.9 Å². The summed E-state index contributed by atoms with van der Waals surface area (Å²) in [7, 11) is 0. The maximum absolute atomic E-state index is 14.6. The average Bonchev–Trinajstić information content (AvgIpc) is 2.99. The van der Waals surface area contributed by atoms with E-state index in [-0.39, 0.29) is 25.1 Å². The summed E-state index contributed by atoms with van der Waals surface area (Å²) in [5.41, 5.74) is 1.15. The number of phenolic OH excluding ortho intramolecular Hbond substituents is 1. The highest BCUT2D eigenvalue weighted by molar-refractivity contribution is 5.94. The minimum atomic E-state index is -1.23. The number of alkyl carbamates (subject to hydrolysis) is 1. The molecule has 0 spiro atoms. The van der Waals surface area contributed by atoms with Crippen LogP contribution in [0.15, 0.2) is 91.5 Å². The van der Waals surface area contributed by atoms with Crippen molar-refractivity contribution < 1.29 is 33.8 Å². The van der Waals surface area contributed by atoms with Crippen molar-refractivity contribution in [3.8, 4) is 5.75 Å². The molecule has 0 fully saturated rings. The maximum Gasteiger partial charge on any atom is 0.408 e. The first kappa shape index (κ1) is 38.3. The van der Waals surface area contributed by atoms with Gasteiger partial charge in [0.1, 0.15) is 35.1 Å². The van der Waals surface area contributed by atoms with Gasteiger partial charge in [-0.25, -0.2) is 9.59 Å². The Balaban J connectivity index is 2.08. The lowest BCUT2D eigenvalue weighted by Crippen LogP contribution is -2.55. The van der Waals surface area contributed by atoms with Gasteiger partial charge in [0.15, 0.2) is 0 Å². The molecule has 0 saturated heterocycles. The predicted molar refractivity (Wildman–Crippen MR) is 189 cm³/mol. The lowest BCUT2D eigenvalue weighted by atomic mass is 9.98. The van der Waals surface area contributed by atoms with E-state index in [4.69, 9.17) is 9.47 Å². The summed E-state index contributed by atoms with van der Waals surface area (Å²) in [4.78, 5) is 56.9. The largest absolute Gasteiger partial charge is 0.508 e. The molecule has 49 heavy (non-hydrogen) atoms. The van der Waals surface area contributed by atoms with Gasteiger partial charge < -0.3 is 30.1 Å². The van der Waals surface area contributed by atoms with E-state index in [1.165, 1.54) is 23.1 Å².